The first-order valence-electron chi connectivity index (χ1n) is 6.59. The number of imidazole rings is 1. The van der Waals surface area contributed by atoms with Gasteiger partial charge in [0, 0.05) is 11.4 Å². The molecule has 3 rings (SSSR count). The molecule has 0 bridgehead atoms. The number of benzene rings is 2. The Labute approximate surface area is 122 Å². The predicted octanol–water partition coefficient (Wildman–Crippen LogP) is 3.79. The Balaban J connectivity index is 1.98. The number of aryl methyl sites for hydroxylation is 2. The van der Waals surface area contributed by atoms with Crippen molar-refractivity contribution < 1.29 is 0 Å². The van der Waals surface area contributed by atoms with Crippen molar-refractivity contribution in [1.29, 1.82) is 0 Å². The van der Waals surface area contributed by atoms with Crippen LogP contribution in [0.4, 0.5) is 0 Å². The van der Waals surface area contributed by atoms with Crippen LogP contribution in [0.15, 0.2) is 46.5 Å². The fraction of sp³-hybridized carbons (Fsp3) is 0.188. The van der Waals surface area contributed by atoms with Gasteiger partial charge >= 0.3 is 0 Å². The minimum absolute atomic E-state index is 0.544. The first kappa shape index (κ1) is 13.2. The summed E-state index contributed by atoms with van der Waals surface area (Å²) in [5.74, 6) is 0. The fourth-order valence-corrected chi connectivity index (χ4v) is 3.22. The summed E-state index contributed by atoms with van der Waals surface area (Å²) >= 11 is 1.64. The third-order valence-electron chi connectivity index (χ3n) is 3.26. The van der Waals surface area contributed by atoms with Gasteiger partial charge in [-0.2, -0.15) is 0 Å². The topological polar surface area (TPSA) is 54.7 Å². The van der Waals surface area contributed by atoms with E-state index in [0.29, 0.717) is 6.54 Å². The van der Waals surface area contributed by atoms with E-state index in [-0.39, 0.29) is 0 Å². The van der Waals surface area contributed by atoms with E-state index >= 15 is 0 Å². The summed E-state index contributed by atoms with van der Waals surface area (Å²) < 4.78 is 0. The Morgan fingerprint density at radius 3 is 2.65 bits per heavy atom. The summed E-state index contributed by atoms with van der Waals surface area (Å²) in [5.41, 5.74) is 11.5. The first-order valence-corrected chi connectivity index (χ1v) is 7.41. The zero-order valence-corrected chi connectivity index (χ0v) is 12.4. The molecular formula is C16H17N3S. The van der Waals surface area contributed by atoms with Crippen LogP contribution in [0.3, 0.4) is 0 Å². The number of H-pyrrole nitrogens is 1. The van der Waals surface area contributed by atoms with Crippen LogP contribution < -0.4 is 5.73 Å². The van der Waals surface area contributed by atoms with Gasteiger partial charge in [0.15, 0.2) is 5.16 Å². The molecule has 0 saturated carbocycles. The molecule has 0 radical (unpaired) electrons. The minimum atomic E-state index is 0.544. The summed E-state index contributed by atoms with van der Waals surface area (Å²) in [6.45, 7) is 4.72. The molecule has 0 saturated heterocycles. The van der Waals surface area contributed by atoms with Crippen molar-refractivity contribution in [2.24, 2.45) is 5.73 Å². The number of hydrogen-bond donors (Lipinski definition) is 2. The highest BCUT2D eigenvalue weighted by Gasteiger charge is 2.08. The number of nitrogens with two attached hydrogens (primary N) is 1. The second-order valence-corrected chi connectivity index (χ2v) is 6.01. The highest BCUT2D eigenvalue weighted by Crippen LogP contribution is 2.30. The van der Waals surface area contributed by atoms with Crippen LogP contribution in [0.2, 0.25) is 0 Å². The Morgan fingerprint density at radius 2 is 1.85 bits per heavy atom. The Morgan fingerprint density at radius 1 is 1.10 bits per heavy atom. The average molecular weight is 283 g/mol. The lowest BCUT2D eigenvalue weighted by molar-refractivity contribution is 1.01. The zero-order chi connectivity index (χ0) is 14.1. The first-order chi connectivity index (χ1) is 9.65. The van der Waals surface area contributed by atoms with Crippen molar-refractivity contribution >= 4 is 22.8 Å². The molecule has 0 fully saturated rings. The highest BCUT2D eigenvalue weighted by molar-refractivity contribution is 7.99. The molecule has 20 heavy (non-hydrogen) atoms. The standard InChI is InChI=1S/C16H17N3S/c1-10-4-6-13-14(7-10)19-16(18-13)20-15-8-11(2)3-5-12(15)9-17/h3-8H,9,17H2,1-2H3,(H,18,19). The van der Waals surface area contributed by atoms with Gasteiger partial charge in [-0.05, 0) is 48.7 Å². The number of hydrogen-bond acceptors (Lipinski definition) is 3. The SMILES string of the molecule is Cc1ccc(CN)c(Sc2nc3ccc(C)cc3[nH]2)c1. The Hall–Kier alpha value is -1.78. The molecule has 0 spiro atoms. The van der Waals surface area contributed by atoms with Crippen LogP contribution in [0.1, 0.15) is 16.7 Å². The van der Waals surface area contributed by atoms with Gasteiger partial charge < -0.3 is 10.7 Å². The Kier molecular flexibility index (Phi) is 3.51. The maximum Gasteiger partial charge on any atom is 0.171 e. The largest absolute Gasteiger partial charge is 0.333 e. The molecule has 2 aromatic carbocycles. The van der Waals surface area contributed by atoms with Crippen LogP contribution in [0, 0.1) is 13.8 Å². The second kappa shape index (κ2) is 5.31. The van der Waals surface area contributed by atoms with Gasteiger partial charge in [-0.15, -0.1) is 0 Å². The lowest BCUT2D eigenvalue weighted by Crippen LogP contribution is -1.98. The molecule has 102 valence electrons. The van der Waals surface area contributed by atoms with Crippen LogP contribution in [0.25, 0.3) is 11.0 Å². The molecule has 0 aliphatic rings. The smallest absolute Gasteiger partial charge is 0.171 e. The average Bonchev–Trinajstić information content (AvgIpc) is 2.80. The van der Waals surface area contributed by atoms with Crippen molar-refractivity contribution in [3.8, 4) is 0 Å². The van der Waals surface area contributed by atoms with E-state index in [1.54, 1.807) is 11.8 Å². The zero-order valence-electron chi connectivity index (χ0n) is 11.6. The summed E-state index contributed by atoms with van der Waals surface area (Å²) in [4.78, 5) is 9.16. The summed E-state index contributed by atoms with van der Waals surface area (Å²) in [6, 6.07) is 12.6. The van der Waals surface area contributed by atoms with Crippen molar-refractivity contribution in [2.45, 2.75) is 30.4 Å². The maximum atomic E-state index is 5.81. The number of nitrogens with one attached hydrogen (secondary N) is 1. The van der Waals surface area contributed by atoms with Crippen LogP contribution in [-0.2, 0) is 6.54 Å². The van der Waals surface area contributed by atoms with Crippen LogP contribution in [0.5, 0.6) is 0 Å². The van der Waals surface area contributed by atoms with E-state index in [1.807, 2.05) is 6.07 Å². The molecule has 1 aromatic heterocycles. The van der Waals surface area contributed by atoms with Crippen molar-refractivity contribution in [2.75, 3.05) is 0 Å². The van der Waals surface area contributed by atoms with Gasteiger partial charge in [-0.1, -0.05) is 30.0 Å². The van der Waals surface area contributed by atoms with E-state index in [4.69, 9.17) is 5.73 Å². The molecule has 3 nitrogen and oxygen atoms in total. The minimum Gasteiger partial charge on any atom is -0.333 e. The molecular weight excluding hydrogens is 266 g/mol. The third-order valence-corrected chi connectivity index (χ3v) is 4.25. The maximum absolute atomic E-state index is 5.81. The molecule has 1 heterocycles. The molecule has 0 amide bonds. The quantitative estimate of drug-likeness (QED) is 0.769. The number of aromatic nitrogens is 2. The van der Waals surface area contributed by atoms with Gasteiger partial charge in [0.05, 0.1) is 11.0 Å². The van der Waals surface area contributed by atoms with Crippen LogP contribution >= 0.6 is 11.8 Å². The lowest BCUT2D eigenvalue weighted by Gasteiger charge is -2.06. The number of rotatable bonds is 3. The van der Waals surface area contributed by atoms with Gasteiger partial charge in [-0.25, -0.2) is 4.98 Å². The fourth-order valence-electron chi connectivity index (χ4n) is 2.18. The number of aromatic amines is 1. The van der Waals surface area contributed by atoms with Crippen molar-refractivity contribution in [3.63, 3.8) is 0 Å². The summed E-state index contributed by atoms with van der Waals surface area (Å²) in [7, 11) is 0. The van der Waals surface area contributed by atoms with Gasteiger partial charge in [0.1, 0.15) is 0 Å². The highest BCUT2D eigenvalue weighted by atomic mass is 32.2. The molecule has 3 N–H and O–H groups in total. The van der Waals surface area contributed by atoms with Crippen molar-refractivity contribution in [1.82, 2.24) is 9.97 Å². The number of nitrogens with zero attached hydrogens (tertiary/aromatic N) is 1. The monoisotopic (exact) mass is 283 g/mol. The second-order valence-electron chi connectivity index (χ2n) is 4.98. The lowest BCUT2D eigenvalue weighted by atomic mass is 10.1. The number of fused-ring (bicyclic) bond motifs is 1. The molecule has 3 aromatic rings. The van der Waals surface area contributed by atoms with E-state index in [1.165, 1.54) is 16.0 Å². The van der Waals surface area contributed by atoms with Gasteiger partial charge in [0.25, 0.3) is 0 Å². The molecule has 0 aliphatic carbocycles. The van der Waals surface area contributed by atoms with Gasteiger partial charge in [-0.3, -0.25) is 0 Å². The van der Waals surface area contributed by atoms with Gasteiger partial charge in [0.2, 0.25) is 0 Å². The van der Waals surface area contributed by atoms with E-state index in [0.717, 1.165) is 21.8 Å². The van der Waals surface area contributed by atoms with Crippen molar-refractivity contribution in [3.05, 3.63) is 53.1 Å². The molecule has 0 aliphatic heterocycles. The van der Waals surface area contributed by atoms with E-state index in [2.05, 4.69) is 54.1 Å². The van der Waals surface area contributed by atoms with E-state index < -0.39 is 0 Å². The molecule has 0 atom stereocenters. The predicted molar refractivity (Wildman–Crippen MR) is 84.0 cm³/mol. The molecule has 0 unspecified atom stereocenters. The summed E-state index contributed by atoms with van der Waals surface area (Å²) in [5, 5.41) is 0.908. The normalized spacial score (nSPS) is 11.2. The third kappa shape index (κ3) is 2.57. The Bertz CT molecular complexity index is 762. The summed E-state index contributed by atoms with van der Waals surface area (Å²) in [6.07, 6.45) is 0. The molecule has 4 heteroatoms. The van der Waals surface area contributed by atoms with E-state index in [9.17, 15) is 0 Å². The van der Waals surface area contributed by atoms with Crippen LogP contribution in [-0.4, -0.2) is 9.97 Å².